The smallest absolute Gasteiger partial charge is 0.272 e. The van der Waals surface area contributed by atoms with Gasteiger partial charge in [-0.3, -0.25) is 9.59 Å². The molecule has 0 aromatic carbocycles. The Kier molecular flexibility index (Phi) is 4.91. The molecule has 1 aromatic heterocycles. The number of piperidine rings is 1. The summed E-state index contributed by atoms with van der Waals surface area (Å²) in [5, 5.41) is 0. The van der Waals surface area contributed by atoms with Crippen molar-refractivity contribution in [3.8, 4) is 0 Å². The molecule has 3 rings (SSSR count). The second-order valence-electron chi connectivity index (χ2n) is 6.16. The predicted octanol–water partition coefficient (Wildman–Crippen LogP) is 1.28. The number of morpholine rings is 1. The van der Waals surface area contributed by atoms with Crippen molar-refractivity contribution in [2.75, 3.05) is 39.4 Å². The van der Waals surface area contributed by atoms with Crippen molar-refractivity contribution < 1.29 is 14.3 Å². The zero-order valence-corrected chi connectivity index (χ0v) is 13.5. The molecule has 124 valence electrons. The lowest BCUT2D eigenvalue weighted by molar-refractivity contribution is -0.130. The van der Waals surface area contributed by atoms with Crippen LogP contribution in [0.3, 0.4) is 0 Å². The van der Waals surface area contributed by atoms with Crippen molar-refractivity contribution >= 4 is 11.8 Å². The molecular formula is C17H23N3O3. The molecule has 0 spiro atoms. The third-order valence-electron chi connectivity index (χ3n) is 4.57. The van der Waals surface area contributed by atoms with E-state index < -0.39 is 0 Å². The van der Waals surface area contributed by atoms with Gasteiger partial charge < -0.3 is 14.5 Å². The Morgan fingerprint density at radius 3 is 2.70 bits per heavy atom. The van der Waals surface area contributed by atoms with E-state index >= 15 is 0 Å². The zero-order valence-electron chi connectivity index (χ0n) is 13.5. The Morgan fingerprint density at radius 2 is 1.96 bits per heavy atom. The van der Waals surface area contributed by atoms with Crippen LogP contribution in [0.1, 0.15) is 41.9 Å². The number of ether oxygens (including phenoxy) is 1. The summed E-state index contributed by atoms with van der Waals surface area (Å²) in [4.78, 5) is 32.4. The van der Waals surface area contributed by atoms with Gasteiger partial charge in [0, 0.05) is 44.7 Å². The van der Waals surface area contributed by atoms with Crippen molar-refractivity contribution in [2.45, 2.75) is 25.7 Å². The molecule has 6 nitrogen and oxygen atoms in total. The Bertz CT molecular complexity index is 584. The normalized spacial score (nSPS) is 22.0. The lowest BCUT2D eigenvalue weighted by atomic mass is 9.94. The molecule has 6 heteroatoms. The first kappa shape index (κ1) is 15.9. The molecule has 1 unspecified atom stereocenters. The van der Waals surface area contributed by atoms with Gasteiger partial charge in [0.25, 0.3) is 5.91 Å². The first-order valence-electron chi connectivity index (χ1n) is 8.24. The number of hydrogen-bond donors (Lipinski definition) is 0. The summed E-state index contributed by atoms with van der Waals surface area (Å²) in [6, 6.07) is 5.62. The van der Waals surface area contributed by atoms with E-state index in [9.17, 15) is 9.59 Å². The quantitative estimate of drug-likeness (QED) is 0.824. The summed E-state index contributed by atoms with van der Waals surface area (Å²) in [5.41, 5.74) is 1.40. The van der Waals surface area contributed by atoms with Crippen molar-refractivity contribution in [3.63, 3.8) is 0 Å². The highest BCUT2D eigenvalue weighted by atomic mass is 16.5. The molecule has 2 amide bonds. The average Bonchev–Trinajstić information content (AvgIpc) is 2.62. The number of amides is 2. The van der Waals surface area contributed by atoms with Crippen molar-refractivity contribution in [2.24, 2.45) is 0 Å². The molecule has 0 N–H and O–H groups in total. The van der Waals surface area contributed by atoms with Crippen molar-refractivity contribution in [1.29, 1.82) is 0 Å². The highest BCUT2D eigenvalue weighted by molar-refractivity contribution is 5.92. The topological polar surface area (TPSA) is 62.7 Å². The van der Waals surface area contributed by atoms with E-state index in [1.54, 1.807) is 17.9 Å². The highest BCUT2D eigenvalue weighted by Gasteiger charge is 2.25. The first-order valence-corrected chi connectivity index (χ1v) is 8.24. The largest absolute Gasteiger partial charge is 0.378 e. The number of nitrogens with zero attached hydrogens (tertiary/aromatic N) is 3. The molecule has 2 aliphatic rings. The van der Waals surface area contributed by atoms with Gasteiger partial charge in [0.2, 0.25) is 5.91 Å². The molecule has 2 fully saturated rings. The number of aromatic nitrogens is 1. The van der Waals surface area contributed by atoms with E-state index in [-0.39, 0.29) is 17.7 Å². The molecule has 23 heavy (non-hydrogen) atoms. The number of carbonyl (C=O) groups is 2. The SMILES string of the molecule is CC(=O)N1CCCC(c2cccc(C(=O)N3CCOCC3)n2)C1. The van der Waals surface area contributed by atoms with Crippen LogP contribution in [0.5, 0.6) is 0 Å². The summed E-state index contributed by atoms with van der Waals surface area (Å²) in [7, 11) is 0. The second kappa shape index (κ2) is 7.08. The molecule has 0 saturated carbocycles. The Balaban J connectivity index is 1.74. The van der Waals surface area contributed by atoms with Crippen LogP contribution in [0, 0.1) is 0 Å². The Morgan fingerprint density at radius 1 is 1.17 bits per heavy atom. The number of rotatable bonds is 2. The Hall–Kier alpha value is -1.95. The predicted molar refractivity (Wildman–Crippen MR) is 85.2 cm³/mol. The van der Waals surface area contributed by atoms with Crippen molar-refractivity contribution in [1.82, 2.24) is 14.8 Å². The maximum Gasteiger partial charge on any atom is 0.272 e. The fourth-order valence-electron chi connectivity index (χ4n) is 3.23. The third kappa shape index (κ3) is 3.69. The van der Waals surface area contributed by atoms with Crippen LogP contribution < -0.4 is 0 Å². The fourth-order valence-corrected chi connectivity index (χ4v) is 3.23. The molecule has 2 saturated heterocycles. The number of carbonyl (C=O) groups excluding carboxylic acids is 2. The summed E-state index contributed by atoms with van der Waals surface area (Å²) in [5.74, 6) is 0.287. The lowest BCUT2D eigenvalue weighted by Crippen LogP contribution is -2.41. The minimum atomic E-state index is -0.0330. The van der Waals surface area contributed by atoms with Gasteiger partial charge in [-0.25, -0.2) is 4.98 Å². The minimum absolute atomic E-state index is 0.0330. The van der Waals surface area contributed by atoms with E-state index in [1.165, 1.54) is 0 Å². The lowest BCUT2D eigenvalue weighted by Gasteiger charge is -2.32. The summed E-state index contributed by atoms with van der Waals surface area (Å²) in [6.45, 7) is 5.52. The number of hydrogen-bond acceptors (Lipinski definition) is 4. The number of pyridine rings is 1. The first-order chi connectivity index (χ1) is 11.1. The van der Waals surface area contributed by atoms with Gasteiger partial charge in [-0.15, -0.1) is 0 Å². The molecule has 0 aliphatic carbocycles. The second-order valence-corrected chi connectivity index (χ2v) is 6.16. The van der Waals surface area contributed by atoms with Gasteiger partial charge in [-0.1, -0.05) is 6.07 Å². The highest BCUT2D eigenvalue weighted by Crippen LogP contribution is 2.26. The van der Waals surface area contributed by atoms with Crippen LogP contribution in [0.2, 0.25) is 0 Å². The number of likely N-dealkylation sites (tertiary alicyclic amines) is 1. The van der Waals surface area contributed by atoms with Gasteiger partial charge >= 0.3 is 0 Å². The van der Waals surface area contributed by atoms with E-state index in [4.69, 9.17) is 4.74 Å². The molecule has 1 atom stereocenters. The molecule has 1 aromatic rings. The van der Waals surface area contributed by atoms with Gasteiger partial charge in [0.05, 0.1) is 13.2 Å². The van der Waals surface area contributed by atoms with E-state index in [2.05, 4.69) is 4.98 Å². The summed E-state index contributed by atoms with van der Waals surface area (Å²) >= 11 is 0. The van der Waals surface area contributed by atoms with Crippen LogP contribution in [-0.2, 0) is 9.53 Å². The standard InChI is InChI=1S/C17H23N3O3/c1-13(21)20-7-3-4-14(12-20)15-5-2-6-16(18-15)17(22)19-8-10-23-11-9-19/h2,5-6,14H,3-4,7-12H2,1H3. The van der Waals surface area contributed by atoms with Crippen molar-refractivity contribution in [3.05, 3.63) is 29.6 Å². The van der Waals surface area contributed by atoms with Gasteiger partial charge in [-0.05, 0) is 25.0 Å². The maximum atomic E-state index is 12.6. The maximum absolute atomic E-state index is 12.6. The zero-order chi connectivity index (χ0) is 16.2. The molecule has 0 bridgehead atoms. The van der Waals surface area contributed by atoms with Crippen LogP contribution in [0.25, 0.3) is 0 Å². The van der Waals surface area contributed by atoms with E-state index in [0.29, 0.717) is 38.5 Å². The third-order valence-corrected chi connectivity index (χ3v) is 4.57. The van der Waals surface area contributed by atoms with Gasteiger partial charge in [0.1, 0.15) is 5.69 Å². The minimum Gasteiger partial charge on any atom is -0.378 e. The Labute approximate surface area is 136 Å². The monoisotopic (exact) mass is 317 g/mol. The van der Waals surface area contributed by atoms with Gasteiger partial charge in [-0.2, -0.15) is 0 Å². The molecule has 2 aliphatic heterocycles. The average molecular weight is 317 g/mol. The van der Waals surface area contributed by atoms with Gasteiger partial charge in [0.15, 0.2) is 0 Å². The van der Waals surface area contributed by atoms with E-state index in [1.807, 2.05) is 17.0 Å². The molecule has 3 heterocycles. The molecular weight excluding hydrogens is 294 g/mol. The van der Waals surface area contributed by atoms with Crippen LogP contribution in [0.4, 0.5) is 0 Å². The van der Waals surface area contributed by atoms with E-state index in [0.717, 1.165) is 25.1 Å². The fraction of sp³-hybridized carbons (Fsp3) is 0.588. The molecule has 0 radical (unpaired) electrons. The summed E-state index contributed by atoms with van der Waals surface area (Å²) < 4.78 is 5.29. The van der Waals surface area contributed by atoms with Crippen LogP contribution in [0.15, 0.2) is 18.2 Å². The van der Waals surface area contributed by atoms with Crippen LogP contribution in [-0.4, -0.2) is 66.0 Å². The van der Waals surface area contributed by atoms with Crippen LogP contribution >= 0.6 is 0 Å². The summed E-state index contributed by atoms with van der Waals surface area (Å²) in [6.07, 6.45) is 1.99.